The number of benzene rings is 1. The molecule has 1 nitrogen and oxygen atoms in total. The zero-order chi connectivity index (χ0) is 13.1. The van der Waals surface area contributed by atoms with Crippen molar-refractivity contribution in [1.82, 2.24) is 5.32 Å². The van der Waals surface area contributed by atoms with Crippen molar-refractivity contribution in [2.45, 2.75) is 26.9 Å². The normalized spacial score (nSPS) is 10.9. The van der Waals surface area contributed by atoms with Gasteiger partial charge in [0.2, 0.25) is 0 Å². The molecular weight excluding hydrogens is 313 g/mol. The van der Waals surface area contributed by atoms with Crippen LogP contribution in [0.1, 0.15) is 20.9 Å². The molecule has 0 fully saturated rings. The smallest absolute Gasteiger partial charge is 0.137 e. The van der Waals surface area contributed by atoms with Gasteiger partial charge in [0.15, 0.2) is 0 Å². The highest BCUT2D eigenvalue weighted by Crippen LogP contribution is 2.22. The summed E-state index contributed by atoms with van der Waals surface area (Å²) in [7, 11) is 0. The molecule has 1 heterocycles. The molecule has 1 aromatic heterocycles. The summed E-state index contributed by atoms with van der Waals surface area (Å²) >= 11 is 5.08. The van der Waals surface area contributed by atoms with Crippen LogP contribution in [-0.4, -0.2) is 0 Å². The molecule has 2 rings (SSSR count). The molecule has 1 N–H and O–H groups in total. The Balaban J connectivity index is 1.94. The Morgan fingerprint density at radius 2 is 2.06 bits per heavy atom. The average molecular weight is 328 g/mol. The molecule has 0 atom stereocenters. The molecule has 0 saturated heterocycles. The Labute approximate surface area is 119 Å². The predicted molar refractivity (Wildman–Crippen MR) is 78.4 cm³/mol. The van der Waals surface area contributed by atoms with Crippen LogP contribution in [0.25, 0.3) is 0 Å². The fraction of sp³-hybridized carbons (Fsp3) is 0.286. The van der Waals surface area contributed by atoms with Crippen molar-refractivity contribution >= 4 is 27.3 Å². The van der Waals surface area contributed by atoms with E-state index in [1.54, 1.807) is 6.07 Å². The van der Waals surface area contributed by atoms with Gasteiger partial charge < -0.3 is 5.32 Å². The monoisotopic (exact) mass is 327 g/mol. The summed E-state index contributed by atoms with van der Waals surface area (Å²) in [6.45, 7) is 5.74. The van der Waals surface area contributed by atoms with Gasteiger partial charge in [0.25, 0.3) is 0 Å². The predicted octanol–water partition coefficient (Wildman–Crippen LogP) is 4.56. The maximum Gasteiger partial charge on any atom is 0.137 e. The molecule has 0 aliphatic heterocycles. The van der Waals surface area contributed by atoms with Crippen LogP contribution >= 0.6 is 27.3 Å². The van der Waals surface area contributed by atoms with Crippen molar-refractivity contribution < 1.29 is 4.39 Å². The molecule has 0 aliphatic carbocycles. The number of rotatable bonds is 4. The van der Waals surface area contributed by atoms with Gasteiger partial charge >= 0.3 is 0 Å². The van der Waals surface area contributed by atoms with Gasteiger partial charge in [0.05, 0.1) is 4.47 Å². The number of aryl methyl sites for hydroxylation is 2. The lowest BCUT2D eigenvalue weighted by molar-refractivity contribution is 0.612. The first-order valence-electron chi connectivity index (χ1n) is 5.77. The van der Waals surface area contributed by atoms with E-state index in [0.29, 0.717) is 11.0 Å². The lowest BCUT2D eigenvalue weighted by Gasteiger charge is -2.06. The number of thiophene rings is 1. The first-order chi connectivity index (χ1) is 8.58. The third kappa shape index (κ3) is 3.19. The minimum atomic E-state index is -0.211. The summed E-state index contributed by atoms with van der Waals surface area (Å²) in [5.74, 6) is -0.211. The summed E-state index contributed by atoms with van der Waals surface area (Å²) in [5, 5.41) is 3.34. The van der Waals surface area contributed by atoms with E-state index in [-0.39, 0.29) is 5.82 Å². The first kappa shape index (κ1) is 13.7. The van der Waals surface area contributed by atoms with Gasteiger partial charge in [-0.1, -0.05) is 12.1 Å². The molecule has 0 unspecified atom stereocenters. The van der Waals surface area contributed by atoms with Crippen molar-refractivity contribution in [2.24, 2.45) is 0 Å². The van der Waals surface area contributed by atoms with Gasteiger partial charge in [-0.3, -0.25) is 0 Å². The highest BCUT2D eigenvalue weighted by atomic mass is 79.9. The molecule has 1 aromatic carbocycles. The van der Waals surface area contributed by atoms with E-state index in [0.717, 1.165) is 12.1 Å². The zero-order valence-corrected chi connectivity index (χ0v) is 12.8. The Bertz CT molecular complexity index is 531. The molecule has 4 heteroatoms. The quantitative estimate of drug-likeness (QED) is 0.868. The minimum absolute atomic E-state index is 0.211. The van der Waals surface area contributed by atoms with E-state index in [4.69, 9.17) is 0 Å². The van der Waals surface area contributed by atoms with E-state index in [2.05, 4.69) is 41.2 Å². The van der Waals surface area contributed by atoms with Crippen LogP contribution in [0.3, 0.4) is 0 Å². The molecule has 0 amide bonds. The molecule has 0 aliphatic rings. The molecule has 0 saturated carbocycles. The number of nitrogens with one attached hydrogen (secondary N) is 1. The topological polar surface area (TPSA) is 12.0 Å². The second kappa shape index (κ2) is 5.95. The second-order valence-corrected chi connectivity index (χ2v) is 6.40. The molecule has 18 heavy (non-hydrogen) atoms. The van der Waals surface area contributed by atoms with E-state index in [1.807, 2.05) is 17.4 Å². The summed E-state index contributed by atoms with van der Waals surface area (Å²) in [6.07, 6.45) is 0. The number of hydrogen-bond acceptors (Lipinski definition) is 2. The molecule has 0 bridgehead atoms. The summed E-state index contributed by atoms with van der Waals surface area (Å²) < 4.78 is 13.9. The SMILES string of the molecule is Cc1cc(CNCc2cccc(F)c2Br)sc1C. The lowest BCUT2D eigenvalue weighted by atomic mass is 10.2. The fourth-order valence-corrected chi connectivity index (χ4v) is 3.17. The Morgan fingerprint density at radius 1 is 1.28 bits per heavy atom. The lowest BCUT2D eigenvalue weighted by Crippen LogP contribution is -2.12. The number of halogens is 2. The maximum absolute atomic E-state index is 13.3. The molecule has 96 valence electrons. The standard InChI is InChI=1S/C14H15BrFNS/c1-9-6-12(18-10(9)2)8-17-7-11-4-3-5-13(16)14(11)15/h3-6,17H,7-8H2,1-2H3. The Morgan fingerprint density at radius 3 is 2.72 bits per heavy atom. The van der Waals surface area contributed by atoms with Crippen LogP contribution in [0.4, 0.5) is 4.39 Å². The van der Waals surface area contributed by atoms with E-state index in [1.165, 1.54) is 21.4 Å². The third-order valence-corrected chi connectivity index (χ3v) is 4.90. The first-order valence-corrected chi connectivity index (χ1v) is 7.38. The van der Waals surface area contributed by atoms with Crippen LogP contribution in [0.15, 0.2) is 28.7 Å². The Hall–Kier alpha value is -0.710. The highest BCUT2D eigenvalue weighted by molar-refractivity contribution is 9.10. The molecule has 0 radical (unpaired) electrons. The molecule has 2 aromatic rings. The van der Waals surface area contributed by atoms with Crippen molar-refractivity contribution in [3.8, 4) is 0 Å². The van der Waals surface area contributed by atoms with Gasteiger partial charge in [-0.2, -0.15) is 0 Å². The highest BCUT2D eigenvalue weighted by Gasteiger charge is 2.05. The summed E-state index contributed by atoms with van der Waals surface area (Å²) in [5.41, 5.74) is 2.28. The average Bonchev–Trinajstić information content (AvgIpc) is 2.64. The van der Waals surface area contributed by atoms with E-state index in [9.17, 15) is 4.39 Å². The van der Waals surface area contributed by atoms with Crippen LogP contribution in [-0.2, 0) is 13.1 Å². The van der Waals surface area contributed by atoms with Gasteiger partial charge in [0.1, 0.15) is 5.82 Å². The van der Waals surface area contributed by atoms with Crippen LogP contribution in [0, 0.1) is 19.7 Å². The molecular formula is C14H15BrFNS. The maximum atomic E-state index is 13.3. The largest absolute Gasteiger partial charge is 0.308 e. The van der Waals surface area contributed by atoms with Crippen LogP contribution in [0.5, 0.6) is 0 Å². The summed E-state index contributed by atoms with van der Waals surface area (Å²) in [4.78, 5) is 2.68. The minimum Gasteiger partial charge on any atom is -0.308 e. The van der Waals surface area contributed by atoms with Gasteiger partial charge in [0, 0.05) is 22.8 Å². The zero-order valence-electron chi connectivity index (χ0n) is 10.4. The van der Waals surface area contributed by atoms with Crippen molar-refractivity contribution in [1.29, 1.82) is 0 Å². The van der Waals surface area contributed by atoms with Gasteiger partial charge in [-0.25, -0.2) is 4.39 Å². The van der Waals surface area contributed by atoms with Crippen molar-refractivity contribution in [3.63, 3.8) is 0 Å². The molecule has 0 spiro atoms. The summed E-state index contributed by atoms with van der Waals surface area (Å²) in [6, 6.07) is 7.31. The second-order valence-electron chi connectivity index (χ2n) is 4.27. The fourth-order valence-electron chi connectivity index (χ4n) is 1.74. The van der Waals surface area contributed by atoms with E-state index >= 15 is 0 Å². The third-order valence-electron chi connectivity index (χ3n) is 2.86. The van der Waals surface area contributed by atoms with Crippen molar-refractivity contribution in [3.05, 3.63) is 55.4 Å². The van der Waals surface area contributed by atoms with Crippen molar-refractivity contribution in [2.75, 3.05) is 0 Å². The Kier molecular flexibility index (Phi) is 4.54. The van der Waals surface area contributed by atoms with Gasteiger partial charge in [-0.05, 0) is 53.0 Å². The van der Waals surface area contributed by atoms with Crippen LogP contribution in [0.2, 0.25) is 0 Å². The van der Waals surface area contributed by atoms with Gasteiger partial charge in [-0.15, -0.1) is 11.3 Å². The number of hydrogen-bond donors (Lipinski definition) is 1. The van der Waals surface area contributed by atoms with E-state index < -0.39 is 0 Å². The van der Waals surface area contributed by atoms with Crippen LogP contribution < -0.4 is 5.32 Å².